The first-order valence-corrected chi connectivity index (χ1v) is 8.79. The maximum Gasteiger partial charge on any atom is 0.344 e. The summed E-state index contributed by atoms with van der Waals surface area (Å²) < 4.78 is 11.5. The lowest BCUT2D eigenvalue weighted by Gasteiger charge is -2.32. The molecule has 0 fully saturated rings. The van der Waals surface area contributed by atoms with Crippen molar-refractivity contribution in [2.45, 2.75) is 40.2 Å². The molecule has 0 spiro atoms. The highest BCUT2D eigenvalue weighted by Crippen LogP contribution is 2.42. The van der Waals surface area contributed by atoms with E-state index < -0.39 is 0 Å². The van der Waals surface area contributed by atoms with Crippen LogP contribution in [0.25, 0.3) is 27.3 Å². The number of nitrogens with one attached hydrogen (secondary N) is 1. The molecule has 0 saturated carbocycles. The standard InChI is InChI=1S/C22H23NO3/c1-11-9-12(2)20-18(19(11)25-6)14-7-8-15-16(17(14)21(24)26-20)13(3)10-22(4,5)23-15/h7-10,23H,1-6H3. The van der Waals surface area contributed by atoms with E-state index >= 15 is 0 Å². The fraction of sp³-hybridized carbons (Fsp3) is 0.318. The molecule has 0 atom stereocenters. The second kappa shape index (κ2) is 5.37. The van der Waals surface area contributed by atoms with E-state index in [9.17, 15) is 4.79 Å². The molecule has 2 heterocycles. The first-order chi connectivity index (χ1) is 12.2. The summed E-state index contributed by atoms with van der Waals surface area (Å²) in [5.74, 6) is 0.755. The van der Waals surface area contributed by atoms with Crippen LogP contribution in [-0.2, 0) is 0 Å². The second-order valence-electron chi connectivity index (χ2n) is 7.72. The van der Waals surface area contributed by atoms with E-state index in [1.54, 1.807) is 7.11 Å². The smallest absolute Gasteiger partial charge is 0.344 e. The van der Waals surface area contributed by atoms with Crippen molar-refractivity contribution in [1.29, 1.82) is 0 Å². The maximum absolute atomic E-state index is 12.9. The predicted octanol–water partition coefficient (Wildman–Crippen LogP) is 5.18. The Labute approximate surface area is 152 Å². The molecule has 1 N–H and O–H groups in total. The molecule has 0 aliphatic carbocycles. The molecule has 4 nitrogen and oxygen atoms in total. The molecule has 3 aromatic rings. The molecule has 0 amide bonds. The summed E-state index contributed by atoms with van der Waals surface area (Å²) in [5.41, 5.74) is 5.02. The van der Waals surface area contributed by atoms with Crippen LogP contribution in [0.5, 0.6) is 5.75 Å². The Kier molecular flexibility index (Phi) is 3.45. The van der Waals surface area contributed by atoms with Crippen molar-refractivity contribution in [1.82, 2.24) is 0 Å². The van der Waals surface area contributed by atoms with E-state index in [-0.39, 0.29) is 11.2 Å². The van der Waals surface area contributed by atoms with Crippen LogP contribution in [0.15, 0.2) is 33.5 Å². The summed E-state index contributed by atoms with van der Waals surface area (Å²) in [6.45, 7) is 10.2. The van der Waals surface area contributed by atoms with E-state index in [1.807, 2.05) is 39.0 Å². The zero-order valence-corrected chi connectivity index (χ0v) is 16.0. The summed E-state index contributed by atoms with van der Waals surface area (Å²) in [5, 5.41) is 5.83. The SMILES string of the molecule is COc1c(C)cc(C)c2oc(=O)c3c4c(ccc3c12)NC(C)(C)C=C4C. The molecular formula is C22H23NO3. The molecule has 1 aliphatic heterocycles. The van der Waals surface area contributed by atoms with Gasteiger partial charge in [-0.2, -0.15) is 0 Å². The molecule has 0 radical (unpaired) electrons. The number of aryl methyl sites for hydroxylation is 2. The van der Waals surface area contributed by atoms with Gasteiger partial charge >= 0.3 is 5.63 Å². The molecule has 0 bridgehead atoms. The summed E-state index contributed by atoms with van der Waals surface area (Å²) >= 11 is 0. The molecule has 0 saturated heterocycles. The van der Waals surface area contributed by atoms with Crippen molar-refractivity contribution in [3.8, 4) is 5.75 Å². The van der Waals surface area contributed by atoms with Crippen molar-refractivity contribution in [2.24, 2.45) is 0 Å². The van der Waals surface area contributed by atoms with Crippen molar-refractivity contribution in [2.75, 3.05) is 12.4 Å². The van der Waals surface area contributed by atoms with Crippen LogP contribution >= 0.6 is 0 Å². The van der Waals surface area contributed by atoms with Crippen LogP contribution in [0.3, 0.4) is 0 Å². The Morgan fingerprint density at radius 2 is 1.81 bits per heavy atom. The predicted molar refractivity (Wildman–Crippen MR) is 107 cm³/mol. The third-order valence-corrected chi connectivity index (χ3v) is 5.11. The lowest BCUT2D eigenvalue weighted by atomic mass is 9.88. The Hall–Kier alpha value is -2.75. The molecule has 134 valence electrons. The first-order valence-electron chi connectivity index (χ1n) is 8.79. The molecule has 4 heteroatoms. The van der Waals surface area contributed by atoms with Gasteiger partial charge in [0.05, 0.1) is 23.4 Å². The lowest BCUT2D eigenvalue weighted by molar-refractivity contribution is 0.416. The average Bonchev–Trinajstić information content (AvgIpc) is 2.54. The Morgan fingerprint density at radius 3 is 2.50 bits per heavy atom. The van der Waals surface area contributed by atoms with Gasteiger partial charge in [0, 0.05) is 16.6 Å². The molecular weight excluding hydrogens is 326 g/mol. The van der Waals surface area contributed by atoms with Crippen LogP contribution in [0.1, 0.15) is 37.5 Å². The molecule has 1 aromatic heterocycles. The molecule has 1 aliphatic rings. The summed E-state index contributed by atoms with van der Waals surface area (Å²) in [6.07, 6.45) is 2.15. The van der Waals surface area contributed by atoms with E-state index in [2.05, 4.69) is 25.2 Å². The first kappa shape index (κ1) is 16.7. The van der Waals surface area contributed by atoms with Crippen molar-refractivity contribution >= 4 is 33.0 Å². The number of ether oxygens (including phenoxy) is 1. The highest BCUT2D eigenvalue weighted by Gasteiger charge is 2.27. The van der Waals surface area contributed by atoms with Crippen LogP contribution < -0.4 is 15.7 Å². The zero-order chi connectivity index (χ0) is 18.8. The van der Waals surface area contributed by atoms with Crippen LogP contribution in [-0.4, -0.2) is 12.6 Å². The highest BCUT2D eigenvalue weighted by atomic mass is 16.5. The third-order valence-electron chi connectivity index (χ3n) is 5.11. The van der Waals surface area contributed by atoms with Crippen LogP contribution in [0, 0.1) is 13.8 Å². The maximum atomic E-state index is 12.9. The third kappa shape index (κ3) is 2.25. The Bertz CT molecular complexity index is 1170. The second-order valence-corrected chi connectivity index (χ2v) is 7.72. The van der Waals surface area contributed by atoms with Gasteiger partial charge in [0.1, 0.15) is 11.3 Å². The highest BCUT2D eigenvalue weighted by molar-refractivity contribution is 6.13. The summed E-state index contributed by atoms with van der Waals surface area (Å²) in [6, 6.07) is 6.03. The quantitative estimate of drug-likeness (QED) is 0.486. The van der Waals surface area contributed by atoms with Gasteiger partial charge in [0.15, 0.2) is 0 Å². The monoisotopic (exact) mass is 349 g/mol. The number of benzene rings is 2. The number of fused-ring (bicyclic) bond motifs is 5. The number of hydrogen-bond acceptors (Lipinski definition) is 4. The fourth-order valence-corrected chi connectivity index (χ4v) is 4.27. The molecule has 26 heavy (non-hydrogen) atoms. The van der Waals surface area contributed by atoms with Crippen LogP contribution in [0.2, 0.25) is 0 Å². The molecule has 2 aromatic carbocycles. The van der Waals surface area contributed by atoms with E-state index in [0.29, 0.717) is 11.0 Å². The number of methoxy groups -OCH3 is 1. The van der Waals surface area contributed by atoms with Crippen molar-refractivity contribution < 1.29 is 9.15 Å². The minimum Gasteiger partial charge on any atom is -0.496 e. The molecule has 4 rings (SSSR count). The van der Waals surface area contributed by atoms with E-state index in [1.165, 1.54) is 0 Å². The number of anilines is 1. The number of allylic oxidation sites excluding steroid dienone is 1. The lowest BCUT2D eigenvalue weighted by Crippen LogP contribution is -2.31. The van der Waals surface area contributed by atoms with Crippen molar-refractivity contribution in [3.05, 3.63) is 51.4 Å². The Morgan fingerprint density at radius 1 is 1.08 bits per heavy atom. The topological polar surface area (TPSA) is 51.5 Å². The van der Waals surface area contributed by atoms with Gasteiger partial charge in [-0.15, -0.1) is 0 Å². The minimum absolute atomic E-state index is 0.160. The van der Waals surface area contributed by atoms with Gasteiger partial charge < -0.3 is 14.5 Å². The zero-order valence-electron chi connectivity index (χ0n) is 16.0. The largest absolute Gasteiger partial charge is 0.496 e. The fourth-order valence-electron chi connectivity index (χ4n) is 4.27. The van der Waals surface area contributed by atoms with Crippen molar-refractivity contribution in [3.63, 3.8) is 0 Å². The summed E-state index contributed by atoms with van der Waals surface area (Å²) in [7, 11) is 1.65. The summed E-state index contributed by atoms with van der Waals surface area (Å²) in [4.78, 5) is 12.9. The number of rotatable bonds is 1. The van der Waals surface area contributed by atoms with Gasteiger partial charge in [0.2, 0.25) is 0 Å². The van der Waals surface area contributed by atoms with Gasteiger partial charge in [-0.25, -0.2) is 4.79 Å². The Balaban J connectivity index is 2.25. The van der Waals surface area contributed by atoms with Gasteiger partial charge in [0.25, 0.3) is 0 Å². The van der Waals surface area contributed by atoms with E-state index in [4.69, 9.17) is 9.15 Å². The minimum atomic E-state index is -0.312. The van der Waals surface area contributed by atoms with Gasteiger partial charge in [-0.05, 0) is 63.5 Å². The molecule has 0 unspecified atom stereocenters. The average molecular weight is 349 g/mol. The van der Waals surface area contributed by atoms with Crippen LogP contribution in [0.4, 0.5) is 5.69 Å². The number of hydrogen-bond donors (Lipinski definition) is 1. The van der Waals surface area contributed by atoms with Gasteiger partial charge in [-0.3, -0.25) is 0 Å². The van der Waals surface area contributed by atoms with Gasteiger partial charge in [-0.1, -0.05) is 12.1 Å². The normalized spacial score (nSPS) is 15.5. The van der Waals surface area contributed by atoms with E-state index in [0.717, 1.165) is 44.5 Å².